The van der Waals surface area contributed by atoms with Gasteiger partial charge in [-0.3, -0.25) is 24.0 Å². The van der Waals surface area contributed by atoms with Gasteiger partial charge < -0.3 is 32.3 Å². The summed E-state index contributed by atoms with van der Waals surface area (Å²) in [6.07, 6.45) is -1.26. The van der Waals surface area contributed by atoms with E-state index in [0.29, 0.717) is 0 Å². The number of aliphatic carboxylic acids is 2. The van der Waals surface area contributed by atoms with Crippen LogP contribution in [-0.2, 0) is 24.0 Å². The molecule has 0 aromatic carbocycles. The van der Waals surface area contributed by atoms with Gasteiger partial charge in [-0.15, -0.1) is 0 Å². The molecule has 0 aliphatic carbocycles. The highest BCUT2D eigenvalue weighted by atomic mass is 16.4. The Morgan fingerprint density at radius 1 is 0.952 bits per heavy atom. The first kappa shape index (κ1) is 18.3. The van der Waals surface area contributed by atoms with Crippen LogP contribution in [0.25, 0.3) is 0 Å². The van der Waals surface area contributed by atoms with Crippen LogP contribution in [0.1, 0.15) is 12.8 Å². The Bertz CT molecular complexity index is 451. The molecule has 0 rings (SSSR count). The van der Waals surface area contributed by atoms with E-state index >= 15 is 0 Å². The van der Waals surface area contributed by atoms with Gasteiger partial charge in [-0.2, -0.15) is 0 Å². The van der Waals surface area contributed by atoms with Crippen LogP contribution < -0.4 is 22.1 Å². The molecule has 0 bridgehead atoms. The number of amides is 3. The summed E-state index contributed by atoms with van der Waals surface area (Å²) in [7, 11) is 0. The molecule has 0 aromatic rings. The highest BCUT2D eigenvalue weighted by molar-refractivity contribution is 5.94. The molecule has 8 N–H and O–H groups in total. The summed E-state index contributed by atoms with van der Waals surface area (Å²) in [6, 6.07) is -2.86. The van der Waals surface area contributed by atoms with E-state index in [2.05, 4.69) is 0 Å². The third kappa shape index (κ3) is 8.15. The third-order valence-corrected chi connectivity index (χ3v) is 2.18. The van der Waals surface area contributed by atoms with Crippen molar-refractivity contribution in [1.82, 2.24) is 10.6 Å². The molecule has 0 saturated carbocycles. The normalized spacial score (nSPS) is 12.8. The predicted octanol–water partition coefficient (Wildman–Crippen LogP) is -3.65. The van der Waals surface area contributed by atoms with Gasteiger partial charge in [0.05, 0.1) is 18.9 Å². The van der Waals surface area contributed by atoms with Crippen molar-refractivity contribution in [2.45, 2.75) is 24.9 Å². The maximum absolute atomic E-state index is 11.6. The fraction of sp³-hybridized carbons (Fsp3) is 0.500. The van der Waals surface area contributed by atoms with E-state index < -0.39 is 61.1 Å². The van der Waals surface area contributed by atoms with Crippen molar-refractivity contribution >= 4 is 29.7 Å². The molecule has 118 valence electrons. The molecule has 2 atom stereocenters. The highest BCUT2D eigenvalue weighted by Crippen LogP contribution is 1.96. The molecule has 3 amide bonds. The summed E-state index contributed by atoms with van der Waals surface area (Å²) < 4.78 is 0. The van der Waals surface area contributed by atoms with Crippen molar-refractivity contribution in [2.24, 2.45) is 11.5 Å². The first-order chi connectivity index (χ1) is 9.63. The first-order valence-corrected chi connectivity index (χ1v) is 5.69. The van der Waals surface area contributed by atoms with Crippen LogP contribution in [0.5, 0.6) is 0 Å². The van der Waals surface area contributed by atoms with Gasteiger partial charge in [0, 0.05) is 0 Å². The molecule has 2 unspecified atom stereocenters. The summed E-state index contributed by atoms with van der Waals surface area (Å²) in [4.78, 5) is 54.7. The van der Waals surface area contributed by atoms with Crippen LogP contribution in [0.4, 0.5) is 0 Å². The van der Waals surface area contributed by atoms with E-state index in [9.17, 15) is 24.0 Å². The van der Waals surface area contributed by atoms with Gasteiger partial charge in [0.1, 0.15) is 12.6 Å². The molecule has 0 fully saturated rings. The quantitative estimate of drug-likeness (QED) is 0.250. The second-order valence-electron chi connectivity index (χ2n) is 4.05. The lowest BCUT2D eigenvalue weighted by atomic mass is 10.1. The fourth-order valence-corrected chi connectivity index (χ4v) is 1.26. The topological polar surface area (TPSA) is 202 Å². The van der Waals surface area contributed by atoms with E-state index in [1.807, 2.05) is 10.6 Å². The number of carbonyl (C=O) groups excluding carboxylic acids is 3. The summed E-state index contributed by atoms with van der Waals surface area (Å²) in [5.41, 5.74) is 10.2. The minimum absolute atomic E-state index is 0.586. The smallest absolute Gasteiger partial charge is 0.322 e. The number of primary amides is 1. The highest BCUT2D eigenvalue weighted by Gasteiger charge is 2.26. The Labute approximate surface area is 118 Å². The minimum atomic E-state index is -1.44. The number of rotatable bonds is 9. The first-order valence-electron chi connectivity index (χ1n) is 5.69. The minimum Gasteiger partial charge on any atom is -0.481 e. The number of hydrogen-bond acceptors (Lipinski definition) is 6. The van der Waals surface area contributed by atoms with Gasteiger partial charge in [-0.1, -0.05) is 0 Å². The largest absolute Gasteiger partial charge is 0.481 e. The standard InChI is InChI=1S/C10H16N4O7/c11-4(1-7(16)17)9(20)14-5(2-6(12)15)10(21)13-3-8(18)19/h4-5H,1-3,11H2,(H2,12,15)(H,13,21)(H,14,20)(H,16,17)(H,18,19). The van der Waals surface area contributed by atoms with Crippen molar-refractivity contribution in [2.75, 3.05) is 6.54 Å². The average Bonchev–Trinajstić information content (AvgIpc) is 2.33. The molecule has 0 aliphatic heterocycles. The Balaban J connectivity index is 4.71. The Morgan fingerprint density at radius 3 is 1.95 bits per heavy atom. The van der Waals surface area contributed by atoms with Crippen LogP contribution in [0.2, 0.25) is 0 Å². The van der Waals surface area contributed by atoms with Crippen molar-refractivity contribution in [3.05, 3.63) is 0 Å². The van der Waals surface area contributed by atoms with Crippen LogP contribution >= 0.6 is 0 Å². The number of carboxylic acid groups (broad SMARTS) is 2. The van der Waals surface area contributed by atoms with Crippen molar-refractivity contribution < 1.29 is 34.2 Å². The molecule has 0 aliphatic rings. The van der Waals surface area contributed by atoms with Gasteiger partial charge >= 0.3 is 11.9 Å². The average molecular weight is 304 g/mol. The zero-order valence-corrected chi connectivity index (χ0v) is 10.9. The van der Waals surface area contributed by atoms with Crippen molar-refractivity contribution in [3.8, 4) is 0 Å². The number of nitrogens with two attached hydrogens (primary N) is 2. The lowest BCUT2D eigenvalue weighted by molar-refractivity contribution is -0.140. The Morgan fingerprint density at radius 2 is 1.52 bits per heavy atom. The maximum atomic E-state index is 11.6. The van der Waals surface area contributed by atoms with Crippen LogP contribution in [0.15, 0.2) is 0 Å². The molecule has 21 heavy (non-hydrogen) atoms. The van der Waals surface area contributed by atoms with Crippen LogP contribution in [0.3, 0.4) is 0 Å². The number of nitrogens with one attached hydrogen (secondary N) is 2. The number of carboxylic acids is 2. The third-order valence-electron chi connectivity index (χ3n) is 2.18. The number of hydrogen-bond donors (Lipinski definition) is 6. The van der Waals surface area contributed by atoms with E-state index in [-0.39, 0.29) is 0 Å². The van der Waals surface area contributed by atoms with E-state index in [1.54, 1.807) is 0 Å². The van der Waals surface area contributed by atoms with Crippen molar-refractivity contribution in [3.63, 3.8) is 0 Å². The maximum Gasteiger partial charge on any atom is 0.322 e. The number of carbonyl (C=O) groups is 5. The SMILES string of the molecule is NC(=O)CC(NC(=O)C(N)CC(=O)O)C(=O)NCC(=O)O. The van der Waals surface area contributed by atoms with Gasteiger partial charge in [-0.25, -0.2) is 0 Å². The second-order valence-corrected chi connectivity index (χ2v) is 4.05. The molecule has 0 aromatic heterocycles. The lowest BCUT2D eigenvalue weighted by Gasteiger charge is -2.18. The molecule has 0 radical (unpaired) electrons. The fourth-order valence-electron chi connectivity index (χ4n) is 1.26. The molecular formula is C10H16N4O7. The Hall–Kier alpha value is -2.69. The zero-order chi connectivity index (χ0) is 16.6. The molecule has 0 saturated heterocycles. The molecule has 0 heterocycles. The van der Waals surface area contributed by atoms with Crippen molar-refractivity contribution in [1.29, 1.82) is 0 Å². The monoisotopic (exact) mass is 304 g/mol. The summed E-state index contributed by atoms with van der Waals surface area (Å²) in [5.74, 6) is -5.49. The molecule has 11 nitrogen and oxygen atoms in total. The van der Waals surface area contributed by atoms with Crippen LogP contribution in [-0.4, -0.2) is 58.5 Å². The molecule has 11 heteroatoms. The van der Waals surface area contributed by atoms with E-state index in [1.165, 1.54) is 0 Å². The Kier molecular flexibility index (Phi) is 7.39. The summed E-state index contributed by atoms with van der Waals surface area (Å²) in [6.45, 7) is -0.717. The zero-order valence-electron chi connectivity index (χ0n) is 10.9. The summed E-state index contributed by atoms with van der Waals surface area (Å²) >= 11 is 0. The van der Waals surface area contributed by atoms with Gasteiger partial charge in [-0.05, 0) is 0 Å². The van der Waals surface area contributed by atoms with Crippen LogP contribution in [0, 0.1) is 0 Å². The second kappa shape index (κ2) is 8.47. The lowest BCUT2D eigenvalue weighted by Crippen LogP contribution is -2.53. The predicted molar refractivity (Wildman–Crippen MR) is 66.6 cm³/mol. The summed E-state index contributed by atoms with van der Waals surface area (Å²) in [5, 5.41) is 20.9. The molecular weight excluding hydrogens is 288 g/mol. The molecule has 0 spiro atoms. The van der Waals surface area contributed by atoms with Gasteiger partial charge in [0.15, 0.2) is 0 Å². The van der Waals surface area contributed by atoms with Gasteiger partial charge in [0.2, 0.25) is 17.7 Å². The van der Waals surface area contributed by atoms with Gasteiger partial charge in [0.25, 0.3) is 0 Å². The van der Waals surface area contributed by atoms with E-state index in [0.717, 1.165) is 0 Å². The van der Waals surface area contributed by atoms with E-state index in [4.69, 9.17) is 21.7 Å².